The highest BCUT2D eigenvalue weighted by molar-refractivity contribution is 8.11. The number of aliphatic hydroxyl groups is 1. The van der Waals surface area contributed by atoms with Gasteiger partial charge in [-0.05, 0) is 64.3 Å². The van der Waals surface area contributed by atoms with Gasteiger partial charge in [0.05, 0.1) is 5.56 Å². The Balaban J connectivity index is 0.00000235. The number of H-pyrrole nitrogens is 2. The number of nitrogens with zero attached hydrogens (tertiary/aromatic N) is 2. The van der Waals surface area contributed by atoms with Gasteiger partial charge in [-0.15, -0.1) is 10.7 Å². The average molecular weight is 651 g/mol. The second-order valence-electron chi connectivity index (χ2n) is 10.9. The summed E-state index contributed by atoms with van der Waals surface area (Å²) in [7, 11) is 0.792. The number of hydrogen-bond acceptors (Lipinski definition) is 4. The van der Waals surface area contributed by atoms with Gasteiger partial charge in [-0.2, -0.15) is 0 Å². The molecule has 0 aliphatic heterocycles. The molecule has 2 heterocycles. The minimum absolute atomic E-state index is 0.208. The molecule has 0 aliphatic rings. The van der Waals surface area contributed by atoms with Crippen LogP contribution < -0.4 is 0 Å². The number of aromatic nitrogens is 3. The first-order valence-corrected chi connectivity index (χ1v) is 16.8. The van der Waals surface area contributed by atoms with Gasteiger partial charge in [0.1, 0.15) is 29.6 Å². The number of aryl methyl sites for hydroxylation is 1. The number of aliphatic hydroxyl groups excluding tert-OH is 1. The summed E-state index contributed by atoms with van der Waals surface area (Å²) in [6.45, 7) is 7.37. The SMILES string of the molecule is C=S(CC)N(CC)Cc1c(Cc2ccc(F)c(-c3ncc(C(C)c4cccc(CCC=O)c4F)[nH]3)c2)c(F)cc2[nH]ccc12.CO. The van der Waals surface area contributed by atoms with Gasteiger partial charge in [0, 0.05) is 67.9 Å². The van der Waals surface area contributed by atoms with E-state index in [2.05, 4.69) is 39.0 Å². The van der Waals surface area contributed by atoms with Crippen molar-refractivity contribution in [3.63, 3.8) is 0 Å². The van der Waals surface area contributed by atoms with Crippen LogP contribution in [-0.4, -0.2) is 55.9 Å². The minimum Gasteiger partial charge on any atom is -0.400 e. The molecule has 46 heavy (non-hydrogen) atoms. The highest BCUT2D eigenvalue weighted by Crippen LogP contribution is 2.33. The van der Waals surface area contributed by atoms with Gasteiger partial charge in [0.2, 0.25) is 0 Å². The van der Waals surface area contributed by atoms with Crippen LogP contribution in [0.3, 0.4) is 0 Å². The zero-order chi connectivity index (χ0) is 33.4. The number of carbonyl (C=O) groups is 1. The van der Waals surface area contributed by atoms with E-state index in [1.165, 1.54) is 12.1 Å². The van der Waals surface area contributed by atoms with Gasteiger partial charge in [-0.3, -0.25) is 4.31 Å². The first kappa shape index (κ1) is 34.9. The molecule has 0 saturated carbocycles. The fourth-order valence-electron chi connectivity index (χ4n) is 5.67. The van der Waals surface area contributed by atoms with Crippen molar-refractivity contribution in [3.8, 4) is 11.4 Å². The van der Waals surface area contributed by atoms with E-state index in [0.29, 0.717) is 41.2 Å². The van der Waals surface area contributed by atoms with Crippen LogP contribution in [0.15, 0.2) is 60.9 Å². The molecule has 3 aromatic carbocycles. The minimum atomic E-state index is -0.465. The Labute approximate surface area is 270 Å². The van der Waals surface area contributed by atoms with E-state index in [0.717, 1.165) is 47.7 Å². The van der Waals surface area contributed by atoms with Crippen molar-refractivity contribution in [1.29, 1.82) is 0 Å². The normalized spacial score (nSPS) is 12.6. The number of benzene rings is 3. The van der Waals surface area contributed by atoms with Crippen molar-refractivity contribution >= 4 is 33.7 Å². The van der Waals surface area contributed by atoms with E-state index < -0.39 is 5.82 Å². The second-order valence-corrected chi connectivity index (χ2v) is 12.9. The van der Waals surface area contributed by atoms with E-state index >= 15 is 13.2 Å². The smallest absolute Gasteiger partial charge is 0.140 e. The summed E-state index contributed by atoms with van der Waals surface area (Å²) in [6, 6.07) is 13.4. The van der Waals surface area contributed by atoms with Gasteiger partial charge in [-0.1, -0.05) is 50.9 Å². The Bertz CT molecular complexity index is 1820. The third-order valence-corrected chi connectivity index (χ3v) is 10.0. The van der Waals surface area contributed by atoms with E-state index in [4.69, 9.17) is 5.11 Å². The highest BCUT2D eigenvalue weighted by atomic mass is 32.2. The lowest BCUT2D eigenvalue weighted by molar-refractivity contribution is -0.107. The van der Waals surface area contributed by atoms with Crippen LogP contribution in [0.25, 0.3) is 22.3 Å². The van der Waals surface area contributed by atoms with Crippen LogP contribution in [0.1, 0.15) is 66.6 Å². The van der Waals surface area contributed by atoms with Crippen molar-refractivity contribution in [1.82, 2.24) is 19.3 Å². The van der Waals surface area contributed by atoms with Crippen LogP contribution in [0.5, 0.6) is 0 Å². The van der Waals surface area contributed by atoms with Crippen LogP contribution >= 0.6 is 10.7 Å². The van der Waals surface area contributed by atoms with Crippen LogP contribution in [0.2, 0.25) is 0 Å². The largest absolute Gasteiger partial charge is 0.400 e. The molecule has 0 saturated heterocycles. The van der Waals surface area contributed by atoms with Crippen molar-refractivity contribution in [2.45, 2.75) is 52.5 Å². The first-order chi connectivity index (χ1) is 22.2. The number of rotatable bonds is 13. The number of aromatic amines is 2. The second kappa shape index (κ2) is 16.0. The third-order valence-electron chi connectivity index (χ3n) is 8.25. The molecule has 6 nitrogen and oxygen atoms in total. The Morgan fingerprint density at radius 2 is 1.85 bits per heavy atom. The number of imidazole rings is 1. The molecule has 0 aliphatic carbocycles. The predicted molar refractivity (Wildman–Crippen MR) is 183 cm³/mol. The van der Waals surface area contributed by atoms with Gasteiger partial charge in [0.25, 0.3) is 0 Å². The molecule has 244 valence electrons. The van der Waals surface area contributed by atoms with E-state index in [9.17, 15) is 4.79 Å². The van der Waals surface area contributed by atoms with Crippen molar-refractivity contribution in [2.24, 2.45) is 0 Å². The molecule has 5 aromatic rings. The molecule has 2 unspecified atom stereocenters. The van der Waals surface area contributed by atoms with Crippen LogP contribution in [-0.2, 0) is 24.2 Å². The Morgan fingerprint density at radius 3 is 2.57 bits per heavy atom. The summed E-state index contributed by atoms with van der Waals surface area (Å²) < 4.78 is 48.4. The number of halogens is 3. The van der Waals surface area contributed by atoms with Crippen molar-refractivity contribution in [2.75, 3.05) is 19.4 Å². The predicted octanol–water partition coefficient (Wildman–Crippen LogP) is 7.92. The van der Waals surface area contributed by atoms with Crippen molar-refractivity contribution < 1.29 is 23.1 Å². The summed E-state index contributed by atoms with van der Waals surface area (Å²) >= 11 is 0. The lowest BCUT2D eigenvalue weighted by Crippen LogP contribution is -2.19. The lowest BCUT2D eigenvalue weighted by atomic mass is 9.94. The molecule has 5 rings (SSSR count). The standard InChI is InChI=1S/C35H37F3N4OS.CH4O/c1-5-42(44(4)6-2)21-29-26-14-15-39-32(26)19-31(37)27(29)17-23-12-13-30(36)28(18-23)35-40-20-33(41-35)22(3)25-11-7-9-24(34(25)38)10-8-16-43;1-2/h7,9,11-16,18-20,22,39H,4-6,8,10,17,21H2,1-3H3,(H,40,41);2H,1H3. The molecule has 10 heteroatoms. The maximum atomic E-state index is 15.7. The van der Waals surface area contributed by atoms with E-state index in [1.807, 2.05) is 19.2 Å². The summed E-state index contributed by atoms with van der Waals surface area (Å²) in [5.41, 5.74) is 4.77. The molecule has 3 N–H and O–H groups in total. The summed E-state index contributed by atoms with van der Waals surface area (Å²) in [4.78, 5) is 21.5. The van der Waals surface area contributed by atoms with E-state index in [-0.39, 0.29) is 46.6 Å². The molecule has 0 bridgehead atoms. The number of aldehydes is 1. The molecule has 0 amide bonds. The topological polar surface area (TPSA) is 85.0 Å². The van der Waals surface area contributed by atoms with Crippen molar-refractivity contribution in [3.05, 3.63) is 112 Å². The number of carbonyl (C=O) groups excluding carboxylic acids is 1. The Hall–Kier alpha value is -3.99. The fourth-order valence-corrected chi connectivity index (χ4v) is 6.71. The van der Waals surface area contributed by atoms with E-state index in [1.54, 1.807) is 36.5 Å². The zero-order valence-electron chi connectivity index (χ0n) is 26.7. The summed E-state index contributed by atoms with van der Waals surface area (Å²) in [5.74, 6) is 4.00. The maximum absolute atomic E-state index is 15.7. The summed E-state index contributed by atoms with van der Waals surface area (Å²) in [5, 5.41) is 7.96. The molecule has 2 aromatic heterocycles. The van der Waals surface area contributed by atoms with Gasteiger partial charge >= 0.3 is 0 Å². The average Bonchev–Trinajstić information content (AvgIpc) is 3.75. The first-order valence-electron chi connectivity index (χ1n) is 15.3. The molecule has 0 radical (unpaired) electrons. The number of hydrogen-bond donors (Lipinski definition) is 3. The highest BCUT2D eigenvalue weighted by Gasteiger charge is 2.21. The molecular formula is C36H41F3N4O2S. The fraction of sp³-hybridized carbons (Fsp3) is 0.306. The molecule has 0 fully saturated rings. The quantitative estimate of drug-likeness (QED) is 0.0893. The number of fused-ring (bicyclic) bond motifs is 1. The zero-order valence-corrected chi connectivity index (χ0v) is 27.5. The molecule has 0 spiro atoms. The lowest BCUT2D eigenvalue weighted by Gasteiger charge is -2.25. The van der Waals surface area contributed by atoms with Gasteiger partial charge in [0.15, 0.2) is 0 Å². The third kappa shape index (κ3) is 7.52. The Morgan fingerprint density at radius 1 is 1.07 bits per heavy atom. The van der Waals surface area contributed by atoms with Gasteiger partial charge in [-0.25, -0.2) is 18.2 Å². The summed E-state index contributed by atoms with van der Waals surface area (Å²) in [6.07, 6.45) is 5.02. The molecule has 2 atom stereocenters. The Kier molecular flexibility index (Phi) is 12.1. The maximum Gasteiger partial charge on any atom is 0.140 e. The monoisotopic (exact) mass is 650 g/mol. The van der Waals surface area contributed by atoms with Crippen LogP contribution in [0, 0.1) is 17.5 Å². The molecular weight excluding hydrogens is 609 g/mol. The van der Waals surface area contributed by atoms with Gasteiger partial charge < -0.3 is 19.9 Å². The number of nitrogens with one attached hydrogen (secondary N) is 2. The van der Waals surface area contributed by atoms with Crippen LogP contribution in [0.4, 0.5) is 13.2 Å².